The Morgan fingerprint density at radius 1 is 0.720 bits per heavy atom. The number of hydrogen-bond acceptors (Lipinski definition) is 2. The van der Waals surface area contributed by atoms with E-state index in [0.29, 0.717) is 17.1 Å². The predicted octanol–water partition coefficient (Wildman–Crippen LogP) is 5.10. The zero-order valence-corrected chi connectivity index (χ0v) is 12.9. The number of carbonyl (C=O) groups excluding carboxylic acids is 1. The van der Waals surface area contributed by atoms with Gasteiger partial charge in [0, 0.05) is 28.7 Å². The van der Waals surface area contributed by atoms with Gasteiger partial charge in [0.25, 0.3) is 5.91 Å². The molecule has 3 aromatic carbocycles. The molecule has 3 nitrogen and oxygen atoms in total. The summed E-state index contributed by atoms with van der Waals surface area (Å²) in [6, 6.07) is 15.5. The van der Waals surface area contributed by atoms with Gasteiger partial charge in [0.2, 0.25) is 0 Å². The smallest absolute Gasteiger partial charge is 0.255 e. The Morgan fingerprint density at radius 3 is 2.08 bits per heavy atom. The molecule has 0 aliphatic rings. The SMILES string of the molecule is O=C(Nc1ccc(Nc2ccc(F)c(F)c2)cc1)c1cccc(F)c1. The lowest BCUT2D eigenvalue weighted by molar-refractivity contribution is 0.102. The Hall–Kier alpha value is -3.28. The first kappa shape index (κ1) is 16.6. The van der Waals surface area contributed by atoms with Crippen molar-refractivity contribution in [3.8, 4) is 0 Å². The van der Waals surface area contributed by atoms with Crippen molar-refractivity contribution in [2.24, 2.45) is 0 Å². The van der Waals surface area contributed by atoms with Crippen molar-refractivity contribution in [3.05, 3.63) is 89.7 Å². The van der Waals surface area contributed by atoms with Crippen molar-refractivity contribution in [3.63, 3.8) is 0 Å². The molecule has 0 saturated heterocycles. The van der Waals surface area contributed by atoms with E-state index in [1.807, 2.05) is 0 Å². The zero-order valence-electron chi connectivity index (χ0n) is 12.9. The van der Waals surface area contributed by atoms with Crippen LogP contribution in [0.3, 0.4) is 0 Å². The summed E-state index contributed by atoms with van der Waals surface area (Å²) in [6.07, 6.45) is 0. The molecule has 126 valence electrons. The Labute approximate surface area is 142 Å². The highest BCUT2D eigenvalue weighted by Gasteiger charge is 2.07. The van der Waals surface area contributed by atoms with Crippen molar-refractivity contribution in [2.45, 2.75) is 0 Å². The molecule has 0 unspecified atom stereocenters. The minimum atomic E-state index is -0.941. The van der Waals surface area contributed by atoms with Crippen molar-refractivity contribution >= 4 is 23.0 Å². The predicted molar refractivity (Wildman–Crippen MR) is 90.4 cm³/mol. The van der Waals surface area contributed by atoms with Crippen molar-refractivity contribution in [1.82, 2.24) is 0 Å². The fourth-order valence-corrected chi connectivity index (χ4v) is 2.21. The number of nitrogens with one attached hydrogen (secondary N) is 2. The quantitative estimate of drug-likeness (QED) is 0.692. The molecule has 0 aliphatic carbocycles. The summed E-state index contributed by atoms with van der Waals surface area (Å²) in [5, 5.41) is 5.57. The average Bonchev–Trinajstić information content (AvgIpc) is 2.60. The first-order valence-corrected chi connectivity index (χ1v) is 7.40. The van der Waals surface area contributed by atoms with Crippen LogP contribution in [0, 0.1) is 17.5 Å². The third-order valence-corrected chi connectivity index (χ3v) is 3.44. The maximum atomic E-state index is 13.2. The molecule has 0 fully saturated rings. The Bertz CT molecular complexity index is 911. The lowest BCUT2D eigenvalue weighted by Gasteiger charge is -2.09. The van der Waals surface area contributed by atoms with Gasteiger partial charge in [-0.25, -0.2) is 13.2 Å². The summed E-state index contributed by atoms with van der Waals surface area (Å²) >= 11 is 0. The highest BCUT2D eigenvalue weighted by Crippen LogP contribution is 2.21. The van der Waals surface area contributed by atoms with Gasteiger partial charge in [0.05, 0.1) is 0 Å². The molecule has 0 aliphatic heterocycles. The maximum absolute atomic E-state index is 13.2. The minimum absolute atomic E-state index is 0.212. The van der Waals surface area contributed by atoms with Crippen LogP contribution in [-0.4, -0.2) is 5.91 Å². The van der Waals surface area contributed by atoms with Gasteiger partial charge in [-0.05, 0) is 54.6 Å². The molecule has 0 atom stereocenters. The molecule has 1 amide bonds. The summed E-state index contributed by atoms with van der Waals surface area (Å²) < 4.78 is 39.2. The van der Waals surface area contributed by atoms with E-state index in [1.54, 1.807) is 24.3 Å². The molecule has 0 spiro atoms. The Kier molecular flexibility index (Phi) is 4.70. The number of hydrogen-bond donors (Lipinski definition) is 2. The third-order valence-electron chi connectivity index (χ3n) is 3.44. The van der Waals surface area contributed by atoms with Gasteiger partial charge in [0.15, 0.2) is 11.6 Å². The summed E-state index contributed by atoms with van der Waals surface area (Å²) in [5.74, 6) is -2.77. The van der Waals surface area contributed by atoms with Crippen LogP contribution in [0.25, 0.3) is 0 Å². The van der Waals surface area contributed by atoms with E-state index >= 15 is 0 Å². The third kappa shape index (κ3) is 4.17. The lowest BCUT2D eigenvalue weighted by Crippen LogP contribution is -2.11. The van der Waals surface area contributed by atoms with Crippen LogP contribution in [-0.2, 0) is 0 Å². The highest BCUT2D eigenvalue weighted by molar-refractivity contribution is 6.04. The normalized spacial score (nSPS) is 10.4. The van der Waals surface area contributed by atoms with Crippen molar-refractivity contribution in [1.29, 1.82) is 0 Å². The number of amides is 1. The van der Waals surface area contributed by atoms with Gasteiger partial charge in [-0.2, -0.15) is 0 Å². The molecule has 0 heterocycles. The van der Waals surface area contributed by atoms with Crippen molar-refractivity contribution in [2.75, 3.05) is 10.6 Å². The van der Waals surface area contributed by atoms with Crippen LogP contribution in [0.2, 0.25) is 0 Å². The highest BCUT2D eigenvalue weighted by atomic mass is 19.2. The van der Waals surface area contributed by atoms with Gasteiger partial charge >= 0.3 is 0 Å². The minimum Gasteiger partial charge on any atom is -0.355 e. The van der Waals surface area contributed by atoms with E-state index in [9.17, 15) is 18.0 Å². The second kappa shape index (κ2) is 7.09. The van der Waals surface area contributed by atoms with Gasteiger partial charge < -0.3 is 10.6 Å². The van der Waals surface area contributed by atoms with Crippen LogP contribution in [0.15, 0.2) is 66.7 Å². The second-order valence-electron chi connectivity index (χ2n) is 5.30. The van der Waals surface area contributed by atoms with E-state index in [1.165, 1.54) is 24.3 Å². The van der Waals surface area contributed by atoms with Gasteiger partial charge in [-0.3, -0.25) is 4.79 Å². The molecule has 3 rings (SSSR count). The molecule has 0 aromatic heterocycles. The first-order chi connectivity index (χ1) is 12.0. The van der Waals surface area contributed by atoms with Gasteiger partial charge in [0.1, 0.15) is 5.82 Å². The lowest BCUT2D eigenvalue weighted by atomic mass is 10.2. The Morgan fingerprint density at radius 2 is 1.40 bits per heavy atom. The van der Waals surface area contributed by atoms with Crippen LogP contribution in [0.4, 0.5) is 30.2 Å². The van der Waals surface area contributed by atoms with E-state index in [4.69, 9.17) is 0 Å². The van der Waals surface area contributed by atoms with Gasteiger partial charge in [-0.1, -0.05) is 6.07 Å². The topological polar surface area (TPSA) is 41.1 Å². The summed E-state index contributed by atoms with van der Waals surface area (Å²) in [6.45, 7) is 0. The van der Waals surface area contributed by atoms with Crippen LogP contribution < -0.4 is 10.6 Å². The van der Waals surface area contributed by atoms with E-state index in [-0.39, 0.29) is 5.56 Å². The standard InChI is InChI=1S/C19H13F3N2O/c20-13-3-1-2-12(10-13)19(25)24-15-6-4-14(5-7-15)23-16-8-9-17(21)18(22)11-16/h1-11,23H,(H,24,25). The molecule has 0 radical (unpaired) electrons. The maximum Gasteiger partial charge on any atom is 0.255 e. The van der Waals surface area contributed by atoms with E-state index < -0.39 is 23.4 Å². The summed E-state index contributed by atoms with van der Waals surface area (Å²) in [7, 11) is 0. The second-order valence-corrected chi connectivity index (χ2v) is 5.30. The molecule has 6 heteroatoms. The monoisotopic (exact) mass is 342 g/mol. The van der Waals surface area contributed by atoms with E-state index in [2.05, 4.69) is 10.6 Å². The Balaban J connectivity index is 1.67. The summed E-state index contributed by atoms with van der Waals surface area (Å²) in [5.41, 5.74) is 1.76. The largest absolute Gasteiger partial charge is 0.355 e. The first-order valence-electron chi connectivity index (χ1n) is 7.40. The zero-order chi connectivity index (χ0) is 17.8. The number of carbonyl (C=O) groups is 1. The molecule has 25 heavy (non-hydrogen) atoms. The van der Waals surface area contributed by atoms with Gasteiger partial charge in [-0.15, -0.1) is 0 Å². The molecule has 0 bridgehead atoms. The van der Waals surface area contributed by atoms with Crippen molar-refractivity contribution < 1.29 is 18.0 Å². The fraction of sp³-hybridized carbons (Fsp3) is 0. The average molecular weight is 342 g/mol. The number of anilines is 3. The molecule has 2 N–H and O–H groups in total. The van der Waals surface area contributed by atoms with Crippen LogP contribution >= 0.6 is 0 Å². The molecule has 0 saturated carbocycles. The molecular formula is C19H13F3N2O. The van der Waals surface area contributed by atoms with E-state index in [0.717, 1.165) is 18.2 Å². The summed E-state index contributed by atoms with van der Waals surface area (Å²) in [4.78, 5) is 12.0. The number of benzene rings is 3. The molecule has 3 aromatic rings. The van der Waals surface area contributed by atoms with Crippen LogP contribution in [0.1, 0.15) is 10.4 Å². The fourth-order valence-electron chi connectivity index (χ4n) is 2.21. The number of rotatable bonds is 4. The number of halogens is 3. The molecular weight excluding hydrogens is 329 g/mol. The van der Waals surface area contributed by atoms with Crippen LogP contribution in [0.5, 0.6) is 0 Å².